The quantitative estimate of drug-likeness (QED) is 0.722. The Balaban J connectivity index is 1.70. The predicted octanol–water partition coefficient (Wildman–Crippen LogP) is 3.72. The van der Waals surface area contributed by atoms with Crippen LogP contribution in [0.5, 0.6) is 5.75 Å². The van der Waals surface area contributed by atoms with Gasteiger partial charge in [-0.3, -0.25) is 4.98 Å². The van der Waals surface area contributed by atoms with E-state index in [4.69, 9.17) is 20.8 Å². The zero-order valence-corrected chi connectivity index (χ0v) is 12.1. The lowest BCUT2D eigenvalue weighted by atomic mass is 10.1. The summed E-state index contributed by atoms with van der Waals surface area (Å²) in [5.74, 6) is 1.66. The maximum Gasteiger partial charge on any atom is 0.249 e. The molecule has 0 radical (unpaired) electrons. The minimum Gasteiger partial charge on any atom is -0.488 e. The summed E-state index contributed by atoms with van der Waals surface area (Å²) in [6.45, 7) is 0.378. The van der Waals surface area contributed by atoms with Crippen LogP contribution in [0.4, 0.5) is 0 Å². The molecule has 4 rings (SSSR count). The number of fused-ring (bicyclic) bond motifs is 1. The summed E-state index contributed by atoms with van der Waals surface area (Å²) in [6, 6.07) is 9.17. The average molecular weight is 312 g/mol. The normalized spacial score (nSPS) is 13.2. The summed E-state index contributed by atoms with van der Waals surface area (Å²) in [5.41, 5.74) is 2.49. The van der Waals surface area contributed by atoms with E-state index in [2.05, 4.69) is 15.2 Å². The monoisotopic (exact) mass is 311 g/mol. The molecule has 5 nitrogen and oxygen atoms in total. The molecule has 22 heavy (non-hydrogen) atoms. The van der Waals surface area contributed by atoms with Crippen LogP contribution in [0.25, 0.3) is 23.1 Å². The second-order valence-corrected chi connectivity index (χ2v) is 5.23. The van der Waals surface area contributed by atoms with Gasteiger partial charge in [0.05, 0.1) is 11.1 Å². The molecule has 0 spiro atoms. The first-order valence-corrected chi connectivity index (χ1v) is 7.04. The third-order valence-electron chi connectivity index (χ3n) is 3.29. The van der Waals surface area contributed by atoms with E-state index in [0.717, 1.165) is 22.4 Å². The molecule has 2 aromatic heterocycles. The lowest BCUT2D eigenvalue weighted by Crippen LogP contribution is -2.06. The zero-order chi connectivity index (χ0) is 14.9. The number of benzene rings is 1. The molecule has 0 saturated heterocycles. The maximum absolute atomic E-state index is 6.01. The van der Waals surface area contributed by atoms with Gasteiger partial charge in [-0.25, -0.2) is 0 Å². The standard InChI is InChI=1S/C16H10ClN3O2/c17-13-3-4-14-11(7-13)6-12(9-21-14)16-20-19-15(22-16)10-2-1-5-18-8-10/h1-8H,9H2. The summed E-state index contributed by atoms with van der Waals surface area (Å²) >= 11 is 6.01. The number of ether oxygens (including phenoxy) is 1. The van der Waals surface area contributed by atoms with Gasteiger partial charge in [0.15, 0.2) is 0 Å². The van der Waals surface area contributed by atoms with Gasteiger partial charge in [-0.1, -0.05) is 11.6 Å². The Hall–Kier alpha value is -2.66. The van der Waals surface area contributed by atoms with Crippen LogP contribution in [-0.2, 0) is 0 Å². The van der Waals surface area contributed by atoms with Crippen LogP contribution in [0.3, 0.4) is 0 Å². The SMILES string of the molecule is Clc1ccc2c(c1)C=C(c1nnc(-c3cccnc3)o1)CO2. The molecule has 1 aliphatic rings. The van der Waals surface area contributed by atoms with Crippen molar-refractivity contribution < 1.29 is 9.15 Å². The van der Waals surface area contributed by atoms with Gasteiger partial charge in [0, 0.05) is 23.0 Å². The molecule has 1 aromatic carbocycles. The molecule has 0 aliphatic carbocycles. The summed E-state index contributed by atoms with van der Waals surface area (Å²) in [5, 5.41) is 8.80. The van der Waals surface area contributed by atoms with Crippen LogP contribution in [0.15, 0.2) is 47.1 Å². The first kappa shape index (κ1) is 13.0. The first-order chi connectivity index (χ1) is 10.8. The molecule has 0 atom stereocenters. The molecule has 0 fully saturated rings. The number of pyridine rings is 1. The van der Waals surface area contributed by atoms with E-state index in [1.54, 1.807) is 18.5 Å². The fourth-order valence-corrected chi connectivity index (χ4v) is 2.41. The van der Waals surface area contributed by atoms with Crippen LogP contribution < -0.4 is 4.74 Å². The lowest BCUT2D eigenvalue weighted by molar-refractivity contribution is 0.361. The highest BCUT2D eigenvalue weighted by Gasteiger charge is 2.18. The van der Waals surface area contributed by atoms with Gasteiger partial charge >= 0.3 is 0 Å². The molecule has 1 aliphatic heterocycles. The highest BCUT2D eigenvalue weighted by molar-refractivity contribution is 6.30. The topological polar surface area (TPSA) is 61.0 Å². The van der Waals surface area contributed by atoms with Gasteiger partial charge in [0.25, 0.3) is 0 Å². The molecule has 6 heteroatoms. The number of rotatable bonds is 2. The molecular weight excluding hydrogens is 302 g/mol. The molecular formula is C16H10ClN3O2. The lowest BCUT2D eigenvalue weighted by Gasteiger charge is -2.15. The van der Waals surface area contributed by atoms with Crippen molar-refractivity contribution in [1.82, 2.24) is 15.2 Å². The Labute approximate surface area is 131 Å². The van der Waals surface area contributed by atoms with E-state index in [0.29, 0.717) is 23.4 Å². The van der Waals surface area contributed by atoms with E-state index in [-0.39, 0.29) is 0 Å². The van der Waals surface area contributed by atoms with Gasteiger partial charge in [-0.05, 0) is 36.4 Å². The second kappa shape index (κ2) is 5.27. The first-order valence-electron chi connectivity index (χ1n) is 6.67. The van der Waals surface area contributed by atoms with Gasteiger partial charge < -0.3 is 9.15 Å². The Morgan fingerprint density at radius 1 is 1.09 bits per heavy atom. The van der Waals surface area contributed by atoms with Crippen molar-refractivity contribution in [1.29, 1.82) is 0 Å². The molecule has 0 amide bonds. The summed E-state index contributed by atoms with van der Waals surface area (Å²) in [6.07, 6.45) is 5.32. The average Bonchev–Trinajstić information content (AvgIpc) is 3.05. The Kier molecular flexibility index (Phi) is 3.12. The maximum atomic E-state index is 6.01. The third-order valence-corrected chi connectivity index (χ3v) is 3.53. The minimum absolute atomic E-state index is 0.378. The molecule has 0 bridgehead atoms. The highest BCUT2D eigenvalue weighted by Crippen LogP contribution is 2.32. The van der Waals surface area contributed by atoms with Crippen molar-refractivity contribution in [2.45, 2.75) is 0 Å². The van der Waals surface area contributed by atoms with Crippen LogP contribution in [0, 0.1) is 0 Å². The fourth-order valence-electron chi connectivity index (χ4n) is 2.23. The Bertz CT molecular complexity index is 859. The van der Waals surface area contributed by atoms with E-state index >= 15 is 0 Å². The Morgan fingerprint density at radius 3 is 2.86 bits per heavy atom. The van der Waals surface area contributed by atoms with Crippen molar-refractivity contribution in [2.24, 2.45) is 0 Å². The molecule has 108 valence electrons. The fraction of sp³-hybridized carbons (Fsp3) is 0.0625. The van der Waals surface area contributed by atoms with Crippen LogP contribution >= 0.6 is 11.6 Å². The molecule has 3 heterocycles. The van der Waals surface area contributed by atoms with Crippen LogP contribution in [-0.4, -0.2) is 21.8 Å². The van der Waals surface area contributed by atoms with Crippen molar-refractivity contribution in [2.75, 3.05) is 6.61 Å². The highest BCUT2D eigenvalue weighted by atomic mass is 35.5. The van der Waals surface area contributed by atoms with Crippen molar-refractivity contribution in [3.8, 4) is 17.2 Å². The van der Waals surface area contributed by atoms with Gasteiger partial charge in [-0.15, -0.1) is 10.2 Å². The Morgan fingerprint density at radius 2 is 2.00 bits per heavy atom. The number of halogens is 1. The van der Waals surface area contributed by atoms with Crippen molar-refractivity contribution in [3.05, 3.63) is 59.2 Å². The smallest absolute Gasteiger partial charge is 0.249 e. The summed E-state index contributed by atoms with van der Waals surface area (Å²) in [4.78, 5) is 4.04. The molecule has 0 unspecified atom stereocenters. The minimum atomic E-state index is 0.378. The van der Waals surface area contributed by atoms with Crippen molar-refractivity contribution in [3.63, 3.8) is 0 Å². The van der Waals surface area contributed by atoms with Gasteiger partial charge in [-0.2, -0.15) is 0 Å². The van der Waals surface area contributed by atoms with Gasteiger partial charge in [0.2, 0.25) is 11.8 Å². The largest absolute Gasteiger partial charge is 0.488 e. The number of hydrogen-bond acceptors (Lipinski definition) is 5. The van der Waals surface area contributed by atoms with Crippen LogP contribution in [0.1, 0.15) is 11.5 Å². The summed E-state index contributed by atoms with van der Waals surface area (Å²) in [7, 11) is 0. The predicted molar refractivity (Wildman–Crippen MR) is 82.3 cm³/mol. The van der Waals surface area contributed by atoms with Crippen molar-refractivity contribution >= 4 is 23.3 Å². The third kappa shape index (κ3) is 2.35. The number of nitrogens with zero attached hydrogens (tertiary/aromatic N) is 3. The van der Waals surface area contributed by atoms with Gasteiger partial charge in [0.1, 0.15) is 12.4 Å². The van der Waals surface area contributed by atoms with E-state index < -0.39 is 0 Å². The molecule has 3 aromatic rings. The zero-order valence-electron chi connectivity index (χ0n) is 11.4. The number of aromatic nitrogens is 3. The molecule has 0 N–H and O–H groups in total. The van der Waals surface area contributed by atoms with Crippen LogP contribution in [0.2, 0.25) is 5.02 Å². The van der Waals surface area contributed by atoms with E-state index in [1.165, 1.54) is 0 Å². The summed E-state index contributed by atoms with van der Waals surface area (Å²) < 4.78 is 11.4. The van der Waals surface area contributed by atoms with E-state index in [9.17, 15) is 0 Å². The second-order valence-electron chi connectivity index (χ2n) is 4.79. The number of hydrogen-bond donors (Lipinski definition) is 0. The molecule has 0 saturated carbocycles. The van der Waals surface area contributed by atoms with E-state index in [1.807, 2.05) is 30.3 Å².